The highest BCUT2D eigenvalue weighted by molar-refractivity contribution is 7.91. The largest absolute Gasteiger partial charge is 0.368 e. The maximum Gasteiger partial charge on any atom is 0.223 e. The third-order valence-electron chi connectivity index (χ3n) is 3.38. The minimum atomic E-state index is -2.91. The number of nitrogens with zero attached hydrogens (tertiary/aromatic N) is 2. The van der Waals surface area contributed by atoms with Gasteiger partial charge in [-0.1, -0.05) is 6.92 Å². The molecule has 0 aromatic carbocycles. The second-order valence-corrected chi connectivity index (χ2v) is 8.30. The van der Waals surface area contributed by atoms with E-state index in [1.807, 2.05) is 6.07 Å². The van der Waals surface area contributed by atoms with Crippen LogP contribution in [-0.4, -0.2) is 35.9 Å². The molecule has 8 heteroatoms. The molecule has 6 nitrogen and oxygen atoms in total. The molecule has 0 bridgehead atoms. The summed E-state index contributed by atoms with van der Waals surface area (Å²) in [5.41, 5.74) is 5.73. The fraction of sp³-hybridized carbons (Fsp3) is 0.500. The second kappa shape index (κ2) is 4.85. The van der Waals surface area contributed by atoms with Gasteiger partial charge < -0.3 is 11.1 Å². The monoisotopic (exact) mass is 312 g/mol. The molecule has 1 fully saturated rings. The molecule has 2 aromatic heterocycles. The van der Waals surface area contributed by atoms with Crippen molar-refractivity contribution in [2.75, 3.05) is 22.6 Å². The van der Waals surface area contributed by atoms with E-state index in [4.69, 9.17) is 5.73 Å². The molecule has 1 aliphatic rings. The van der Waals surface area contributed by atoms with E-state index < -0.39 is 9.84 Å². The van der Waals surface area contributed by atoms with Gasteiger partial charge in [-0.25, -0.2) is 13.4 Å². The Balaban J connectivity index is 1.96. The number of aromatic nitrogens is 2. The van der Waals surface area contributed by atoms with Crippen LogP contribution in [0.25, 0.3) is 10.2 Å². The molecule has 20 heavy (non-hydrogen) atoms. The van der Waals surface area contributed by atoms with Gasteiger partial charge in [0.15, 0.2) is 9.84 Å². The molecular formula is C12H16N4O2S2. The van der Waals surface area contributed by atoms with Crippen molar-refractivity contribution in [3.8, 4) is 0 Å². The van der Waals surface area contributed by atoms with E-state index in [0.29, 0.717) is 12.2 Å². The van der Waals surface area contributed by atoms with E-state index in [1.54, 1.807) is 11.3 Å². The van der Waals surface area contributed by atoms with E-state index in [2.05, 4.69) is 22.2 Å². The normalized spacial score (nSPS) is 21.4. The summed E-state index contributed by atoms with van der Waals surface area (Å²) in [5, 5.41) is 4.14. The van der Waals surface area contributed by atoms with Crippen molar-refractivity contribution < 1.29 is 8.42 Å². The zero-order valence-electron chi connectivity index (χ0n) is 11.1. The van der Waals surface area contributed by atoms with Crippen molar-refractivity contribution >= 4 is 43.2 Å². The Morgan fingerprint density at radius 2 is 2.30 bits per heavy atom. The number of hydrogen-bond donors (Lipinski definition) is 2. The minimum absolute atomic E-state index is 0.0949. The fourth-order valence-corrected chi connectivity index (χ4v) is 5.02. The lowest BCUT2D eigenvalue weighted by Gasteiger charge is -2.12. The third-order valence-corrected chi connectivity index (χ3v) is 6.32. The van der Waals surface area contributed by atoms with Gasteiger partial charge in [-0.2, -0.15) is 4.98 Å². The van der Waals surface area contributed by atoms with Gasteiger partial charge in [0.05, 0.1) is 16.9 Å². The number of fused-ring (bicyclic) bond motifs is 1. The summed E-state index contributed by atoms with van der Waals surface area (Å²) >= 11 is 1.59. The SMILES string of the molecule is CCc1cc2c(NC3CCS(=O)(=O)C3)nc(N)nc2s1. The Labute approximate surface area is 121 Å². The van der Waals surface area contributed by atoms with E-state index in [1.165, 1.54) is 4.88 Å². The molecular weight excluding hydrogens is 296 g/mol. The summed E-state index contributed by atoms with van der Waals surface area (Å²) in [6.07, 6.45) is 1.54. The topological polar surface area (TPSA) is 98.0 Å². The average molecular weight is 312 g/mol. The first-order valence-electron chi connectivity index (χ1n) is 6.50. The van der Waals surface area contributed by atoms with E-state index in [-0.39, 0.29) is 23.5 Å². The van der Waals surface area contributed by atoms with Crippen molar-refractivity contribution in [2.24, 2.45) is 0 Å². The number of nitrogens with two attached hydrogens (primary N) is 1. The zero-order valence-corrected chi connectivity index (χ0v) is 12.7. The molecule has 1 unspecified atom stereocenters. The van der Waals surface area contributed by atoms with Crippen LogP contribution >= 0.6 is 11.3 Å². The first-order valence-corrected chi connectivity index (χ1v) is 9.13. The lowest BCUT2D eigenvalue weighted by atomic mass is 10.2. The molecule has 1 aliphatic heterocycles. The number of aryl methyl sites for hydroxylation is 1. The fourth-order valence-electron chi connectivity index (χ4n) is 2.37. The van der Waals surface area contributed by atoms with Crippen LogP contribution in [-0.2, 0) is 16.3 Å². The van der Waals surface area contributed by atoms with Gasteiger partial charge in [-0.05, 0) is 18.9 Å². The molecule has 0 aliphatic carbocycles. The van der Waals surface area contributed by atoms with Gasteiger partial charge in [0, 0.05) is 10.9 Å². The van der Waals surface area contributed by atoms with Crippen LogP contribution in [0.15, 0.2) is 6.07 Å². The third kappa shape index (κ3) is 2.57. The van der Waals surface area contributed by atoms with Crippen LogP contribution < -0.4 is 11.1 Å². The summed E-state index contributed by atoms with van der Waals surface area (Å²) in [4.78, 5) is 10.5. The van der Waals surface area contributed by atoms with Crippen LogP contribution in [0, 0.1) is 0 Å². The quantitative estimate of drug-likeness (QED) is 0.890. The van der Waals surface area contributed by atoms with Crippen LogP contribution in [0.5, 0.6) is 0 Å². The maximum atomic E-state index is 11.5. The minimum Gasteiger partial charge on any atom is -0.368 e. The second-order valence-electron chi connectivity index (χ2n) is 4.96. The predicted molar refractivity (Wildman–Crippen MR) is 81.9 cm³/mol. The zero-order chi connectivity index (χ0) is 14.3. The van der Waals surface area contributed by atoms with Gasteiger partial charge in [0.25, 0.3) is 0 Å². The predicted octanol–water partition coefficient (Wildman–Crippen LogP) is 1.43. The molecule has 1 saturated heterocycles. The lowest BCUT2D eigenvalue weighted by Crippen LogP contribution is -2.21. The van der Waals surface area contributed by atoms with Crippen molar-refractivity contribution in [1.82, 2.24) is 9.97 Å². The molecule has 0 saturated carbocycles. The Morgan fingerprint density at radius 3 is 2.95 bits per heavy atom. The van der Waals surface area contributed by atoms with Crippen LogP contribution in [0.4, 0.5) is 11.8 Å². The molecule has 1 atom stereocenters. The van der Waals surface area contributed by atoms with Crippen LogP contribution in [0.2, 0.25) is 0 Å². The number of sulfone groups is 1. The number of anilines is 2. The van der Waals surface area contributed by atoms with E-state index in [9.17, 15) is 8.42 Å². The van der Waals surface area contributed by atoms with Gasteiger partial charge in [-0.3, -0.25) is 0 Å². The highest BCUT2D eigenvalue weighted by Crippen LogP contribution is 2.31. The number of nitrogens with one attached hydrogen (secondary N) is 1. The van der Waals surface area contributed by atoms with Crippen molar-refractivity contribution in [3.05, 3.63) is 10.9 Å². The smallest absolute Gasteiger partial charge is 0.223 e. The van der Waals surface area contributed by atoms with Crippen molar-refractivity contribution in [1.29, 1.82) is 0 Å². The summed E-state index contributed by atoms with van der Waals surface area (Å²) in [7, 11) is -2.91. The number of rotatable bonds is 3. The first-order chi connectivity index (χ1) is 9.47. The van der Waals surface area contributed by atoms with Gasteiger partial charge >= 0.3 is 0 Å². The molecule has 0 spiro atoms. The van der Waals surface area contributed by atoms with Crippen molar-refractivity contribution in [3.63, 3.8) is 0 Å². The first kappa shape index (κ1) is 13.6. The van der Waals surface area contributed by atoms with E-state index in [0.717, 1.165) is 16.6 Å². The summed E-state index contributed by atoms with van der Waals surface area (Å²) < 4.78 is 23.0. The summed E-state index contributed by atoms with van der Waals surface area (Å²) in [6.45, 7) is 2.08. The number of nitrogen functional groups attached to an aromatic ring is 1. The summed E-state index contributed by atoms with van der Waals surface area (Å²) in [6, 6.07) is 1.95. The molecule has 3 N–H and O–H groups in total. The highest BCUT2D eigenvalue weighted by atomic mass is 32.2. The molecule has 2 aromatic rings. The molecule has 3 rings (SSSR count). The Hall–Kier alpha value is -1.41. The lowest BCUT2D eigenvalue weighted by molar-refractivity contribution is 0.602. The average Bonchev–Trinajstić information content (AvgIpc) is 2.92. The van der Waals surface area contributed by atoms with Crippen LogP contribution in [0.3, 0.4) is 0 Å². The van der Waals surface area contributed by atoms with Gasteiger partial charge in [0.1, 0.15) is 10.6 Å². The number of thiophene rings is 1. The van der Waals surface area contributed by atoms with E-state index >= 15 is 0 Å². The maximum absolute atomic E-state index is 11.5. The Kier molecular flexibility index (Phi) is 3.29. The standard InChI is InChI=1S/C12H16N4O2S2/c1-2-8-5-9-10(15-12(13)16-11(9)19-8)14-7-3-4-20(17,18)6-7/h5,7H,2-4,6H2,1H3,(H3,13,14,15,16). The van der Waals surface area contributed by atoms with Gasteiger partial charge in [-0.15, -0.1) is 11.3 Å². The number of hydrogen-bond acceptors (Lipinski definition) is 7. The van der Waals surface area contributed by atoms with Gasteiger partial charge in [0.2, 0.25) is 5.95 Å². The van der Waals surface area contributed by atoms with Crippen LogP contribution in [0.1, 0.15) is 18.2 Å². The molecule has 3 heterocycles. The Bertz CT molecular complexity index is 754. The molecule has 0 radical (unpaired) electrons. The molecule has 0 amide bonds. The molecule has 108 valence electrons. The summed E-state index contributed by atoms with van der Waals surface area (Å²) in [5.74, 6) is 1.25. The Morgan fingerprint density at radius 1 is 1.50 bits per heavy atom. The highest BCUT2D eigenvalue weighted by Gasteiger charge is 2.28. The van der Waals surface area contributed by atoms with Crippen molar-refractivity contribution in [2.45, 2.75) is 25.8 Å².